The van der Waals surface area contributed by atoms with Gasteiger partial charge >= 0.3 is 0 Å². The van der Waals surface area contributed by atoms with Gasteiger partial charge in [-0.15, -0.1) is 0 Å². The Bertz CT molecular complexity index is 929. The van der Waals surface area contributed by atoms with Crippen molar-refractivity contribution in [2.24, 2.45) is 0 Å². The number of hydrogen-bond donors (Lipinski definition) is 1. The minimum atomic E-state index is 0.589. The van der Waals surface area contributed by atoms with E-state index >= 15 is 0 Å². The molecule has 0 aliphatic rings. The summed E-state index contributed by atoms with van der Waals surface area (Å²) in [6.07, 6.45) is 0. The van der Waals surface area contributed by atoms with Crippen LogP contribution in [0.5, 0.6) is 0 Å². The average molecular weight is 321 g/mol. The first-order valence-corrected chi connectivity index (χ1v) is 7.59. The molecule has 0 saturated carbocycles. The SMILES string of the molecule is Nc1ccc(-c2ccc3oc(-c4ccc(Cl)cc4)nc3c2)cc1. The molecule has 0 atom stereocenters. The van der Waals surface area contributed by atoms with Crippen molar-refractivity contribution in [1.82, 2.24) is 4.98 Å². The molecule has 4 aromatic rings. The summed E-state index contributed by atoms with van der Waals surface area (Å²) in [5, 5.41) is 0.690. The zero-order valence-corrected chi connectivity index (χ0v) is 12.9. The quantitative estimate of drug-likeness (QED) is 0.503. The molecule has 0 bridgehead atoms. The van der Waals surface area contributed by atoms with Gasteiger partial charge < -0.3 is 10.2 Å². The molecule has 4 rings (SSSR count). The first-order chi connectivity index (χ1) is 11.2. The summed E-state index contributed by atoms with van der Waals surface area (Å²) in [5.41, 5.74) is 11.1. The predicted octanol–water partition coefficient (Wildman–Crippen LogP) is 5.40. The summed E-state index contributed by atoms with van der Waals surface area (Å²) < 4.78 is 5.83. The highest BCUT2D eigenvalue weighted by Crippen LogP contribution is 2.29. The van der Waals surface area contributed by atoms with Gasteiger partial charge in [0.25, 0.3) is 0 Å². The molecule has 3 aromatic carbocycles. The van der Waals surface area contributed by atoms with Gasteiger partial charge in [-0.25, -0.2) is 4.98 Å². The van der Waals surface area contributed by atoms with E-state index < -0.39 is 0 Å². The molecule has 0 fully saturated rings. The highest BCUT2D eigenvalue weighted by molar-refractivity contribution is 6.30. The summed E-state index contributed by atoms with van der Waals surface area (Å²) in [6, 6.07) is 21.2. The Morgan fingerprint density at radius 3 is 2.17 bits per heavy atom. The molecule has 2 N–H and O–H groups in total. The smallest absolute Gasteiger partial charge is 0.227 e. The molecule has 4 heteroatoms. The van der Waals surface area contributed by atoms with Gasteiger partial charge in [0.1, 0.15) is 5.52 Å². The molecule has 112 valence electrons. The minimum absolute atomic E-state index is 0.589. The Hall–Kier alpha value is -2.78. The van der Waals surface area contributed by atoms with Crippen LogP contribution >= 0.6 is 11.6 Å². The lowest BCUT2D eigenvalue weighted by molar-refractivity contribution is 0.620. The van der Waals surface area contributed by atoms with E-state index in [2.05, 4.69) is 4.98 Å². The number of halogens is 1. The van der Waals surface area contributed by atoms with Gasteiger partial charge in [0.15, 0.2) is 5.58 Å². The molecule has 0 amide bonds. The Morgan fingerprint density at radius 2 is 1.43 bits per heavy atom. The average Bonchev–Trinajstić information content (AvgIpc) is 2.99. The van der Waals surface area contributed by atoms with Crippen LogP contribution in [-0.2, 0) is 0 Å². The summed E-state index contributed by atoms with van der Waals surface area (Å²) in [6.45, 7) is 0. The molecule has 0 saturated heterocycles. The molecule has 1 aromatic heterocycles. The third-order valence-corrected chi connectivity index (χ3v) is 3.97. The van der Waals surface area contributed by atoms with Crippen molar-refractivity contribution in [2.75, 3.05) is 5.73 Å². The van der Waals surface area contributed by atoms with E-state index in [1.807, 2.05) is 66.7 Å². The summed E-state index contributed by atoms with van der Waals surface area (Å²) in [5.74, 6) is 0.589. The van der Waals surface area contributed by atoms with E-state index in [1.54, 1.807) is 0 Å². The monoisotopic (exact) mass is 320 g/mol. The molecule has 0 unspecified atom stereocenters. The first kappa shape index (κ1) is 13.9. The number of nitrogen functional groups attached to an aromatic ring is 1. The zero-order chi connectivity index (χ0) is 15.8. The fourth-order valence-corrected chi connectivity index (χ4v) is 2.62. The van der Waals surface area contributed by atoms with Gasteiger partial charge in [-0.05, 0) is 59.7 Å². The lowest BCUT2D eigenvalue weighted by Gasteiger charge is -2.01. The maximum atomic E-state index is 5.92. The van der Waals surface area contributed by atoms with Crippen LogP contribution in [0.1, 0.15) is 0 Å². The molecule has 0 radical (unpaired) electrons. The molecule has 23 heavy (non-hydrogen) atoms. The van der Waals surface area contributed by atoms with Crippen molar-refractivity contribution in [3.8, 4) is 22.6 Å². The van der Waals surface area contributed by atoms with Gasteiger partial charge in [-0.2, -0.15) is 0 Å². The molecule has 0 spiro atoms. The molecular weight excluding hydrogens is 308 g/mol. The van der Waals surface area contributed by atoms with Gasteiger partial charge in [0.05, 0.1) is 0 Å². The second-order valence-corrected chi connectivity index (χ2v) is 5.77. The number of rotatable bonds is 2. The number of hydrogen-bond acceptors (Lipinski definition) is 3. The number of nitrogens with zero attached hydrogens (tertiary/aromatic N) is 1. The van der Waals surface area contributed by atoms with Crippen molar-refractivity contribution in [3.63, 3.8) is 0 Å². The van der Waals surface area contributed by atoms with Crippen LogP contribution in [0.2, 0.25) is 5.02 Å². The van der Waals surface area contributed by atoms with Crippen LogP contribution in [-0.4, -0.2) is 4.98 Å². The number of nitrogens with two attached hydrogens (primary N) is 1. The van der Waals surface area contributed by atoms with Crippen molar-refractivity contribution >= 4 is 28.4 Å². The highest BCUT2D eigenvalue weighted by Gasteiger charge is 2.09. The fourth-order valence-electron chi connectivity index (χ4n) is 2.50. The van der Waals surface area contributed by atoms with E-state index in [0.717, 1.165) is 33.5 Å². The number of anilines is 1. The van der Waals surface area contributed by atoms with Crippen LogP contribution in [0.15, 0.2) is 71.1 Å². The molecule has 0 aliphatic carbocycles. The molecule has 0 aliphatic heterocycles. The number of fused-ring (bicyclic) bond motifs is 1. The molecule has 3 nitrogen and oxygen atoms in total. The van der Waals surface area contributed by atoms with Crippen molar-refractivity contribution in [3.05, 3.63) is 71.8 Å². The highest BCUT2D eigenvalue weighted by atomic mass is 35.5. The van der Waals surface area contributed by atoms with Crippen LogP contribution in [0, 0.1) is 0 Å². The van der Waals surface area contributed by atoms with Gasteiger partial charge in [0, 0.05) is 16.3 Å². The number of oxazole rings is 1. The van der Waals surface area contributed by atoms with Gasteiger partial charge in [-0.3, -0.25) is 0 Å². The van der Waals surface area contributed by atoms with Gasteiger partial charge in [-0.1, -0.05) is 29.8 Å². The Kier molecular flexibility index (Phi) is 3.28. The standard InChI is InChI=1S/C19H13ClN2O/c20-15-6-1-13(2-7-15)19-22-17-11-14(5-10-18(17)23-19)12-3-8-16(21)9-4-12/h1-11H,21H2. The van der Waals surface area contributed by atoms with E-state index in [9.17, 15) is 0 Å². The van der Waals surface area contributed by atoms with E-state index in [4.69, 9.17) is 21.8 Å². The van der Waals surface area contributed by atoms with Crippen molar-refractivity contribution in [1.29, 1.82) is 0 Å². The normalized spacial score (nSPS) is 11.0. The summed E-state index contributed by atoms with van der Waals surface area (Å²) >= 11 is 5.92. The molecule has 1 heterocycles. The van der Waals surface area contributed by atoms with E-state index in [1.165, 1.54) is 0 Å². The van der Waals surface area contributed by atoms with Crippen molar-refractivity contribution < 1.29 is 4.42 Å². The first-order valence-electron chi connectivity index (χ1n) is 7.21. The number of aromatic nitrogens is 1. The predicted molar refractivity (Wildman–Crippen MR) is 94.3 cm³/mol. The fraction of sp³-hybridized carbons (Fsp3) is 0. The van der Waals surface area contributed by atoms with Crippen LogP contribution < -0.4 is 5.73 Å². The van der Waals surface area contributed by atoms with Crippen molar-refractivity contribution in [2.45, 2.75) is 0 Å². The summed E-state index contributed by atoms with van der Waals surface area (Å²) in [4.78, 5) is 4.58. The number of benzene rings is 3. The maximum Gasteiger partial charge on any atom is 0.227 e. The molecular formula is C19H13ClN2O. The van der Waals surface area contributed by atoms with Crippen LogP contribution in [0.4, 0.5) is 5.69 Å². The second kappa shape index (κ2) is 5.45. The third-order valence-electron chi connectivity index (χ3n) is 3.72. The Morgan fingerprint density at radius 1 is 0.783 bits per heavy atom. The minimum Gasteiger partial charge on any atom is -0.436 e. The lowest BCUT2D eigenvalue weighted by Crippen LogP contribution is -1.84. The van der Waals surface area contributed by atoms with E-state index in [0.29, 0.717) is 10.9 Å². The lowest BCUT2D eigenvalue weighted by atomic mass is 10.1. The maximum absolute atomic E-state index is 5.92. The van der Waals surface area contributed by atoms with Crippen LogP contribution in [0.3, 0.4) is 0 Å². The Balaban J connectivity index is 1.77. The largest absolute Gasteiger partial charge is 0.436 e. The Labute approximate surface area is 138 Å². The second-order valence-electron chi connectivity index (χ2n) is 5.33. The van der Waals surface area contributed by atoms with Crippen LogP contribution in [0.25, 0.3) is 33.7 Å². The topological polar surface area (TPSA) is 52.0 Å². The summed E-state index contributed by atoms with van der Waals surface area (Å²) in [7, 11) is 0. The van der Waals surface area contributed by atoms with E-state index in [-0.39, 0.29) is 0 Å². The van der Waals surface area contributed by atoms with Gasteiger partial charge in [0.2, 0.25) is 5.89 Å². The third kappa shape index (κ3) is 2.67. The zero-order valence-electron chi connectivity index (χ0n) is 12.2.